The summed E-state index contributed by atoms with van der Waals surface area (Å²) in [7, 11) is 0. The molecule has 0 aromatic rings. The van der Waals surface area contributed by atoms with Crippen LogP contribution in [0.15, 0.2) is 0 Å². The molecule has 10 heavy (non-hydrogen) atoms. The average Bonchev–Trinajstić information content (AvgIpc) is 1.25. The van der Waals surface area contributed by atoms with Crippen LogP contribution in [0.1, 0.15) is 13.8 Å². The second-order valence-corrected chi connectivity index (χ2v) is 0.983. The minimum atomic E-state index is -1.08. The van der Waals surface area contributed by atoms with Crippen molar-refractivity contribution in [2.45, 2.75) is 13.8 Å². The van der Waals surface area contributed by atoms with Crippen molar-refractivity contribution in [3.63, 3.8) is 0 Å². The van der Waals surface area contributed by atoms with Crippen LogP contribution in [0, 0.1) is 41.7 Å². The Balaban J connectivity index is -0.0000000300. The predicted molar refractivity (Wildman–Crippen MR) is 25.0 cm³/mol. The van der Waals surface area contributed by atoms with Crippen LogP contribution in [-0.2, 0) is 9.59 Å². The first-order valence-corrected chi connectivity index (χ1v) is 1.82. The topological polar surface area (TPSA) is 112 Å². The van der Waals surface area contributed by atoms with E-state index in [0.29, 0.717) is 0 Å². The van der Waals surface area contributed by atoms with Crippen LogP contribution in [-0.4, -0.2) is 17.4 Å². The van der Waals surface area contributed by atoms with E-state index >= 15 is 0 Å². The second-order valence-electron chi connectivity index (χ2n) is 0.983. The maximum atomic E-state index is 8.89. The molecule has 0 heterocycles. The zero-order valence-electron chi connectivity index (χ0n) is 5.63. The first-order chi connectivity index (χ1) is 3.46. The van der Waals surface area contributed by atoms with Crippen molar-refractivity contribution in [1.82, 2.24) is 0 Å². The van der Waals surface area contributed by atoms with Crippen LogP contribution in [0.25, 0.3) is 0 Å². The first kappa shape index (κ1) is 22.4. The van der Waals surface area contributed by atoms with Gasteiger partial charge in [-0.2, -0.15) is 0 Å². The zero-order valence-corrected chi connectivity index (χ0v) is 8.77. The van der Waals surface area contributed by atoms with Gasteiger partial charge < -0.3 is 25.3 Å². The van der Waals surface area contributed by atoms with Crippen molar-refractivity contribution in [1.29, 1.82) is 0 Å². The molecule has 0 aromatic heterocycles. The average molecular weight is 276 g/mol. The van der Waals surface area contributed by atoms with Gasteiger partial charge in [0.1, 0.15) is 0 Å². The third-order valence-electron chi connectivity index (χ3n) is 0. The van der Waals surface area contributed by atoms with Gasteiger partial charge in [-0.05, 0) is 13.8 Å². The quantitative estimate of drug-likeness (QED) is 0.461. The number of aliphatic carboxylic acids is 2. The molecule has 0 aliphatic heterocycles. The van der Waals surface area contributed by atoms with Gasteiger partial charge in [-0.1, -0.05) is 0 Å². The van der Waals surface area contributed by atoms with Gasteiger partial charge in [-0.25, -0.2) is 0 Å². The second kappa shape index (κ2) is 16.1. The molecule has 0 saturated heterocycles. The van der Waals surface area contributed by atoms with E-state index in [1.165, 1.54) is 0 Å². The van der Waals surface area contributed by atoms with Crippen LogP contribution in [0.2, 0.25) is 0 Å². The van der Waals surface area contributed by atoms with E-state index in [0.717, 1.165) is 13.8 Å². The maximum absolute atomic E-state index is 8.89. The molecular weight excluding hydrogens is 268 g/mol. The van der Waals surface area contributed by atoms with Gasteiger partial charge in [-0.15, -0.1) is 0 Å². The normalized spacial score (nSPS) is 5.00. The van der Waals surface area contributed by atoms with E-state index in [-0.39, 0.29) is 47.2 Å². The van der Waals surface area contributed by atoms with Crippen molar-refractivity contribution in [3.05, 3.63) is 0 Å². The summed E-state index contributed by atoms with van der Waals surface area (Å²) in [5.41, 5.74) is 0. The van der Waals surface area contributed by atoms with Crippen molar-refractivity contribution < 1.29 is 67.0 Å². The molecule has 0 fully saturated rings. The van der Waals surface area contributed by atoms with Crippen molar-refractivity contribution in [2.75, 3.05) is 0 Å². The Morgan fingerprint density at radius 1 is 1.00 bits per heavy atom. The van der Waals surface area contributed by atoms with Gasteiger partial charge in [-0.3, -0.25) is 0 Å². The van der Waals surface area contributed by atoms with E-state index < -0.39 is 11.9 Å². The molecule has 0 aliphatic rings. The monoisotopic (exact) mass is 276 g/mol. The molecule has 0 rings (SSSR count). The molecule has 0 aromatic carbocycles. The summed E-state index contributed by atoms with van der Waals surface area (Å²) in [6.45, 7) is 1.94. The third-order valence-corrected chi connectivity index (χ3v) is 0. The molecule has 58 valence electrons. The van der Waals surface area contributed by atoms with Crippen LogP contribution in [0.3, 0.4) is 0 Å². The summed E-state index contributed by atoms with van der Waals surface area (Å²) >= 11 is 0. The molecule has 0 radical (unpaired) electrons. The number of carboxylic acid groups (broad SMARTS) is 2. The van der Waals surface area contributed by atoms with Gasteiger partial charge >= 0.3 is 41.7 Å². The standard InChI is InChI=1S/2C2H4O2.Ce.H2O/c2*1-2(3)4;;/h2*1H3,(H,3,4);;1H2/q;;+2;/p-2. The smallest absolute Gasteiger partial charge is 0.550 e. The molecule has 0 atom stereocenters. The summed E-state index contributed by atoms with van der Waals surface area (Å²) in [6, 6.07) is 0. The van der Waals surface area contributed by atoms with E-state index in [4.69, 9.17) is 19.8 Å². The number of hydrogen-bond acceptors (Lipinski definition) is 4. The maximum Gasteiger partial charge on any atom is 2.00 e. The van der Waals surface area contributed by atoms with E-state index in [9.17, 15) is 0 Å². The van der Waals surface area contributed by atoms with Crippen molar-refractivity contribution in [2.24, 2.45) is 0 Å². The van der Waals surface area contributed by atoms with Gasteiger partial charge in [0, 0.05) is 11.9 Å². The fraction of sp³-hybridized carbons (Fsp3) is 0.500. The molecule has 0 bridgehead atoms. The van der Waals surface area contributed by atoms with Crippen LogP contribution < -0.4 is 10.2 Å². The summed E-state index contributed by atoms with van der Waals surface area (Å²) < 4.78 is 0. The number of carbonyl (C=O) groups is 2. The van der Waals surface area contributed by atoms with E-state index in [2.05, 4.69) is 0 Å². The fourth-order valence-electron chi connectivity index (χ4n) is 0. The molecule has 0 amide bonds. The molecular formula is C4H8CeO5. The van der Waals surface area contributed by atoms with Gasteiger partial charge in [0.25, 0.3) is 0 Å². The van der Waals surface area contributed by atoms with Gasteiger partial charge in [0.15, 0.2) is 0 Å². The Labute approximate surface area is 92.1 Å². The molecule has 2 N–H and O–H groups in total. The summed E-state index contributed by atoms with van der Waals surface area (Å²) in [5, 5.41) is 17.8. The minimum Gasteiger partial charge on any atom is -0.550 e. The molecule has 5 nitrogen and oxygen atoms in total. The van der Waals surface area contributed by atoms with E-state index in [1.807, 2.05) is 0 Å². The number of carboxylic acids is 2. The van der Waals surface area contributed by atoms with Gasteiger partial charge in [0.2, 0.25) is 0 Å². The number of hydrogen-bond donors (Lipinski definition) is 0. The Bertz CT molecular complexity index is 71.6. The van der Waals surface area contributed by atoms with Crippen LogP contribution in [0.4, 0.5) is 0 Å². The molecule has 0 spiro atoms. The number of carbonyl (C=O) groups excluding carboxylic acids is 2. The summed E-state index contributed by atoms with van der Waals surface area (Å²) in [5.74, 6) is -2.17. The third kappa shape index (κ3) is 5730. The summed E-state index contributed by atoms with van der Waals surface area (Å²) in [4.78, 5) is 17.8. The van der Waals surface area contributed by atoms with Crippen molar-refractivity contribution >= 4 is 11.9 Å². The Hall–Kier alpha value is 0.277. The number of rotatable bonds is 0. The zero-order chi connectivity index (χ0) is 7.15. The molecule has 6 heteroatoms. The van der Waals surface area contributed by atoms with Crippen LogP contribution >= 0.6 is 0 Å². The molecule has 0 saturated carbocycles. The minimum absolute atomic E-state index is 0. The van der Waals surface area contributed by atoms with Crippen molar-refractivity contribution in [3.8, 4) is 0 Å². The Morgan fingerprint density at radius 3 is 1.00 bits per heavy atom. The first-order valence-electron chi connectivity index (χ1n) is 1.82. The molecule has 0 aliphatic carbocycles. The SMILES string of the molecule is CC(=O)[O-].CC(=O)[O-].O.[Ce+2]. The Morgan fingerprint density at radius 2 is 1.00 bits per heavy atom. The predicted octanol–water partition coefficient (Wildman–Crippen LogP) is -3.31. The summed E-state index contributed by atoms with van der Waals surface area (Å²) in [6.07, 6.45) is 0. The van der Waals surface area contributed by atoms with Gasteiger partial charge in [0.05, 0.1) is 0 Å². The van der Waals surface area contributed by atoms with Crippen LogP contribution in [0.5, 0.6) is 0 Å². The van der Waals surface area contributed by atoms with E-state index in [1.54, 1.807) is 0 Å². The molecule has 0 unspecified atom stereocenters. The Kier molecular flexibility index (Phi) is 36.2. The fourth-order valence-corrected chi connectivity index (χ4v) is 0. The largest absolute Gasteiger partial charge is 2.00 e.